The molecule has 0 spiro atoms. The van der Waals surface area contributed by atoms with E-state index >= 15 is 0 Å². The maximum absolute atomic E-state index is 12.8. The van der Waals surface area contributed by atoms with Crippen LogP contribution in [0.15, 0.2) is 91.0 Å². The van der Waals surface area contributed by atoms with Gasteiger partial charge in [-0.3, -0.25) is 4.79 Å². The molecule has 0 aromatic heterocycles. The molecule has 0 aliphatic carbocycles. The molecule has 0 fully saturated rings. The van der Waals surface area contributed by atoms with Gasteiger partial charge in [0.25, 0.3) is 5.91 Å². The number of hydrogen-bond donors (Lipinski definition) is 2. The number of aliphatic hydroxyl groups is 1. The maximum atomic E-state index is 12.8. The predicted molar refractivity (Wildman–Crippen MR) is 114 cm³/mol. The Labute approximate surface area is 168 Å². The number of benzene rings is 4. The first-order valence-corrected chi connectivity index (χ1v) is 9.32. The minimum absolute atomic E-state index is 0.241. The summed E-state index contributed by atoms with van der Waals surface area (Å²) in [4.78, 5) is 12.8. The van der Waals surface area contributed by atoms with Gasteiger partial charge in [0, 0.05) is 21.8 Å². The average Bonchev–Trinajstić information content (AvgIpc) is 2.74. The molecule has 4 rings (SSSR count). The smallest absolute Gasteiger partial charge is 0.255 e. The first-order valence-electron chi connectivity index (χ1n) is 8.94. The van der Waals surface area contributed by atoms with Crippen molar-refractivity contribution in [1.29, 1.82) is 0 Å². The minimum Gasteiger partial charge on any atom is -0.384 e. The Balaban J connectivity index is 1.66. The fraction of sp³-hybridized carbons (Fsp3) is 0.0417. The van der Waals surface area contributed by atoms with E-state index in [0.717, 1.165) is 16.3 Å². The molecule has 0 saturated carbocycles. The van der Waals surface area contributed by atoms with Crippen molar-refractivity contribution in [3.05, 3.63) is 113 Å². The van der Waals surface area contributed by atoms with Crippen molar-refractivity contribution < 1.29 is 9.90 Å². The first kappa shape index (κ1) is 18.2. The van der Waals surface area contributed by atoms with E-state index in [-0.39, 0.29) is 5.91 Å². The van der Waals surface area contributed by atoms with Crippen molar-refractivity contribution in [3.63, 3.8) is 0 Å². The fourth-order valence-electron chi connectivity index (χ4n) is 3.21. The van der Waals surface area contributed by atoms with Crippen molar-refractivity contribution in [2.24, 2.45) is 0 Å². The zero-order valence-corrected chi connectivity index (χ0v) is 15.7. The number of fused-ring (bicyclic) bond motifs is 1. The van der Waals surface area contributed by atoms with E-state index < -0.39 is 6.10 Å². The lowest BCUT2D eigenvalue weighted by Gasteiger charge is -2.17. The van der Waals surface area contributed by atoms with Crippen molar-refractivity contribution in [2.45, 2.75) is 6.10 Å². The summed E-state index contributed by atoms with van der Waals surface area (Å²) in [6, 6.07) is 27.8. The molecule has 28 heavy (non-hydrogen) atoms. The highest BCUT2D eigenvalue weighted by atomic mass is 35.5. The topological polar surface area (TPSA) is 49.3 Å². The maximum Gasteiger partial charge on any atom is 0.255 e. The van der Waals surface area contributed by atoms with Gasteiger partial charge in [0.2, 0.25) is 0 Å². The van der Waals surface area contributed by atoms with Crippen LogP contribution in [0, 0.1) is 0 Å². The van der Waals surface area contributed by atoms with E-state index in [4.69, 9.17) is 11.6 Å². The van der Waals surface area contributed by atoms with Crippen LogP contribution in [0.25, 0.3) is 10.8 Å². The third kappa shape index (κ3) is 3.77. The zero-order valence-electron chi connectivity index (χ0n) is 15.0. The molecule has 4 heteroatoms. The fourth-order valence-corrected chi connectivity index (χ4v) is 3.39. The molecule has 0 radical (unpaired) electrons. The normalized spacial score (nSPS) is 11.9. The number of halogens is 1. The molecule has 0 unspecified atom stereocenters. The number of carbonyl (C=O) groups is 1. The third-order valence-corrected chi connectivity index (χ3v) is 4.92. The highest BCUT2D eigenvalue weighted by molar-refractivity contribution is 6.30. The molecule has 4 aromatic rings. The monoisotopic (exact) mass is 387 g/mol. The summed E-state index contributed by atoms with van der Waals surface area (Å²) in [5, 5.41) is 16.3. The molecule has 0 aliphatic heterocycles. The lowest BCUT2D eigenvalue weighted by atomic mass is 9.99. The average molecular weight is 388 g/mol. The highest BCUT2D eigenvalue weighted by Gasteiger charge is 2.17. The van der Waals surface area contributed by atoms with Crippen LogP contribution in [0.3, 0.4) is 0 Å². The molecule has 3 nitrogen and oxygen atoms in total. The van der Waals surface area contributed by atoms with Crippen LogP contribution in [0.1, 0.15) is 27.6 Å². The molecule has 4 aromatic carbocycles. The molecule has 2 N–H and O–H groups in total. The van der Waals surface area contributed by atoms with Crippen LogP contribution in [-0.2, 0) is 0 Å². The van der Waals surface area contributed by atoms with Gasteiger partial charge < -0.3 is 10.4 Å². The van der Waals surface area contributed by atoms with Gasteiger partial charge in [-0.15, -0.1) is 0 Å². The van der Waals surface area contributed by atoms with E-state index in [1.165, 1.54) is 0 Å². The van der Waals surface area contributed by atoms with Gasteiger partial charge in [-0.2, -0.15) is 0 Å². The van der Waals surface area contributed by atoms with E-state index in [2.05, 4.69) is 5.32 Å². The largest absolute Gasteiger partial charge is 0.384 e. The van der Waals surface area contributed by atoms with Gasteiger partial charge in [0.15, 0.2) is 0 Å². The number of hydrogen-bond acceptors (Lipinski definition) is 2. The zero-order chi connectivity index (χ0) is 19.5. The van der Waals surface area contributed by atoms with Gasteiger partial charge >= 0.3 is 0 Å². The summed E-state index contributed by atoms with van der Waals surface area (Å²) in [5.74, 6) is -0.241. The second kappa shape index (κ2) is 7.85. The van der Waals surface area contributed by atoms with Gasteiger partial charge in [0.05, 0.1) is 0 Å². The molecule has 1 amide bonds. The lowest BCUT2D eigenvalue weighted by Crippen LogP contribution is -2.14. The standard InChI is InChI=1S/C24H18ClNO2/c25-20-12-13-22(21(15-20)23(27)17-7-2-1-3-8-17)26-24(28)19-11-10-16-6-4-5-9-18(16)14-19/h1-15,23,27H,(H,26,28)/t23-/m0/s1. The summed E-state index contributed by atoms with van der Waals surface area (Å²) in [6.45, 7) is 0. The highest BCUT2D eigenvalue weighted by Crippen LogP contribution is 2.31. The Morgan fingerprint density at radius 1 is 0.821 bits per heavy atom. The summed E-state index contributed by atoms with van der Waals surface area (Å²) >= 11 is 6.14. The molecule has 0 heterocycles. The van der Waals surface area contributed by atoms with Crippen LogP contribution in [0.4, 0.5) is 5.69 Å². The molecule has 0 aliphatic rings. The van der Waals surface area contributed by atoms with Crippen molar-refractivity contribution in [3.8, 4) is 0 Å². The SMILES string of the molecule is O=C(Nc1ccc(Cl)cc1[C@@H](O)c1ccccc1)c1ccc2ccccc2c1. The summed E-state index contributed by atoms with van der Waals surface area (Å²) in [6.07, 6.45) is -0.896. The lowest BCUT2D eigenvalue weighted by molar-refractivity contribution is 0.102. The molecular weight excluding hydrogens is 370 g/mol. The van der Waals surface area contributed by atoms with Gasteiger partial charge in [-0.1, -0.05) is 72.3 Å². The molecule has 0 saturated heterocycles. The van der Waals surface area contributed by atoms with Gasteiger partial charge in [0.1, 0.15) is 6.10 Å². The predicted octanol–water partition coefficient (Wildman–Crippen LogP) is 5.83. The molecule has 1 atom stereocenters. The van der Waals surface area contributed by atoms with Crippen LogP contribution >= 0.6 is 11.6 Å². The third-order valence-electron chi connectivity index (χ3n) is 4.68. The molecule has 138 valence electrons. The molecule has 0 bridgehead atoms. The number of nitrogens with one attached hydrogen (secondary N) is 1. The van der Waals surface area contributed by atoms with E-state index in [9.17, 15) is 9.90 Å². The second-order valence-corrected chi connectivity index (χ2v) is 7.00. The van der Waals surface area contributed by atoms with E-state index in [0.29, 0.717) is 21.8 Å². The Bertz CT molecular complexity index is 1140. The Kier molecular flexibility index (Phi) is 5.11. The van der Waals surface area contributed by atoms with Crippen molar-refractivity contribution >= 4 is 34.0 Å². The van der Waals surface area contributed by atoms with Gasteiger partial charge in [-0.25, -0.2) is 0 Å². The Morgan fingerprint density at radius 2 is 1.54 bits per heavy atom. The number of anilines is 1. The van der Waals surface area contributed by atoms with Crippen LogP contribution in [-0.4, -0.2) is 11.0 Å². The van der Waals surface area contributed by atoms with Crippen LogP contribution in [0.2, 0.25) is 5.02 Å². The van der Waals surface area contributed by atoms with Crippen LogP contribution in [0.5, 0.6) is 0 Å². The number of carbonyl (C=O) groups excluding carboxylic acids is 1. The Hall–Kier alpha value is -3.14. The molecular formula is C24H18ClNO2. The minimum atomic E-state index is -0.896. The summed E-state index contributed by atoms with van der Waals surface area (Å²) < 4.78 is 0. The van der Waals surface area contributed by atoms with Gasteiger partial charge in [-0.05, 0) is 46.7 Å². The Morgan fingerprint density at radius 3 is 2.32 bits per heavy atom. The van der Waals surface area contributed by atoms with Crippen molar-refractivity contribution in [1.82, 2.24) is 0 Å². The van der Waals surface area contributed by atoms with Crippen molar-refractivity contribution in [2.75, 3.05) is 5.32 Å². The number of amides is 1. The van der Waals surface area contributed by atoms with E-state index in [1.54, 1.807) is 24.3 Å². The first-order chi connectivity index (χ1) is 13.6. The number of aliphatic hydroxyl groups excluding tert-OH is 1. The summed E-state index contributed by atoms with van der Waals surface area (Å²) in [7, 11) is 0. The van der Waals surface area contributed by atoms with E-state index in [1.807, 2.05) is 66.7 Å². The van der Waals surface area contributed by atoms with Crippen LogP contribution < -0.4 is 5.32 Å². The quantitative estimate of drug-likeness (QED) is 0.463. The summed E-state index contributed by atoms with van der Waals surface area (Å²) in [5.41, 5.74) is 2.35. The number of rotatable bonds is 4. The second-order valence-electron chi connectivity index (χ2n) is 6.56.